The van der Waals surface area contributed by atoms with Gasteiger partial charge in [0.05, 0.1) is 17.7 Å². The van der Waals surface area contributed by atoms with Gasteiger partial charge in [-0.15, -0.1) is 0 Å². The molecule has 1 heterocycles. The SMILES string of the molecule is O=C1c2ccccc2C(=O)N1CCCCOc1cc(CBr)cc(CBr)c1. The Hall–Kier alpha value is -1.66. The van der Waals surface area contributed by atoms with Crippen molar-refractivity contribution in [3.05, 3.63) is 64.7 Å². The molecule has 0 saturated carbocycles. The van der Waals surface area contributed by atoms with E-state index in [0.717, 1.165) is 29.3 Å². The van der Waals surface area contributed by atoms with Crippen LogP contribution in [-0.2, 0) is 10.7 Å². The summed E-state index contributed by atoms with van der Waals surface area (Å²) in [5, 5.41) is 1.56. The van der Waals surface area contributed by atoms with Crippen LogP contribution in [0.3, 0.4) is 0 Å². The normalized spacial score (nSPS) is 13.2. The highest BCUT2D eigenvalue weighted by Gasteiger charge is 2.34. The van der Waals surface area contributed by atoms with Gasteiger partial charge in [-0.3, -0.25) is 14.5 Å². The molecule has 0 fully saturated rings. The largest absolute Gasteiger partial charge is 0.494 e. The van der Waals surface area contributed by atoms with Crippen molar-refractivity contribution in [3.63, 3.8) is 0 Å². The van der Waals surface area contributed by atoms with Crippen molar-refractivity contribution < 1.29 is 14.3 Å². The fourth-order valence-corrected chi connectivity index (χ4v) is 3.62. The monoisotopic (exact) mass is 479 g/mol. The van der Waals surface area contributed by atoms with Crippen LogP contribution in [0.1, 0.15) is 44.7 Å². The second-order valence-electron chi connectivity index (χ2n) is 6.12. The van der Waals surface area contributed by atoms with Gasteiger partial charge in [0.1, 0.15) is 5.75 Å². The molecule has 0 saturated heterocycles. The summed E-state index contributed by atoms with van der Waals surface area (Å²) in [5.74, 6) is 0.453. The average molecular weight is 481 g/mol. The molecule has 0 unspecified atom stereocenters. The van der Waals surface area contributed by atoms with Gasteiger partial charge < -0.3 is 4.74 Å². The maximum Gasteiger partial charge on any atom is 0.261 e. The first-order valence-corrected chi connectivity index (χ1v) is 10.7. The lowest BCUT2D eigenvalue weighted by atomic mass is 10.1. The molecule has 1 aliphatic heterocycles. The quantitative estimate of drug-likeness (QED) is 0.305. The number of unbranched alkanes of at least 4 members (excludes halogenated alkanes) is 1. The summed E-state index contributed by atoms with van der Waals surface area (Å²) < 4.78 is 5.84. The highest BCUT2D eigenvalue weighted by atomic mass is 79.9. The summed E-state index contributed by atoms with van der Waals surface area (Å²) >= 11 is 6.94. The average Bonchev–Trinajstić information content (AvgIpc) is 2.92. The molecule has 2 aromatic carbocycles. The molecule has 0 radical (unpaired) electrons. The number of ether oxygens (including phenoxy) is 1. The van der Waals surface area contributed by atoms with Crippen molar-refractivity contribution in [2.45, 2.75) is 23.5 Å². The number of imide groups is 1. The zero-order valence-electron chi connectivity index (χ0n) is 14.2. The Morgan fingerprint density at radius 1 is 0.846 bits per heavy atom. The zero-order chi connectivity index (χ0) is 18.5. The van der Waals surface area contributed by atoms with E-state index in [1.54, 1.807) is 24.3 Å². The lowest BCUT2D eigenvalue weighted by molar-refractivity contribution is 0.0649. The van der Waals surface area contributed by atoms with E-state index in [9.17, 15) is 9.59 Å². The number of rotatable bonds is 8. The van der Waals surface area contributed by atoms with Crippen LogP contribution in [0.5, 0.6) is 5.75 Å². The number of amides is 2. The van der Waals surface area contributed by atoms with Gasteiger partial charge in [0, 0.05) is 17.2 Å². The molecule has 136 valence electrons. The highest BCUT2D eigenvalue weighted by Crippen LogP contribution is 2.23. The smallest absolute Gasteiger partial charge is 0.261 e. The van der Waals surface area contributed by atoms with Gasteiger partial charge >= 0.3 is 0 Å². The number of benzene rings is 2. The topological polar surface area (TPSA) is 46.6 Å². The molecule has 0 N–H and O–H groups in total. The molecule has 0 aromatic heterocycles. The van der Waals surface area contributed by atoms with Gasteiger partial charge in [-0.25, -0.2) is 0 Å². The number of carbonyl (C=O) groups excluding carboxylic acids is 2. The van der Waals surface area contributed by atoms with Gasteiger partial charge in [0.2, 0.25) is 0 Å². The highest BCUT2D eigenvalue weighted by molar-refractivity contribution is 9.08. The van der Waals surface area contributed by atoms with Crippen molar-refractivity contribution in [2.24, 2.45) is 0 Å². The zero-order valence-corrected chi connectivity index (χ0v) is 17.4. The molecule has 0 bridgehead atoms. The maximum atomic E-state index is 12.3. The third-order valence-electron chi connectivity index (χ3n) is 4.26. The standard InChI is InChI=1S/C20H19Br2NO3/c21-12-14-9-15(13-22)11-16(10-14)26-8-4-3-7-23-19(24)17-5-1-2-6-18(17)20(23)25/h1-2,5-6,9-11H,3-4,7-8,12-13H2. The van der Waals surface area contributed by atoms with Gasteiger partial charge in [-0.1, -0.05) is 50.1 Å². The van der Waals surface area contributed by atoms with Crippen LogP contribution in [0.15, 0.2) is 42.5 Å². The van der Waals surface area contributed by atoms with Crippen LogP contribution < -0.4 is 4.74 Å². The Morgan fingerprint density at radius 2 is 1.42 bits per heavy atom. The Kier molecular flexibility index (Phi) is 6.48. The van der Waals surface area contributed by atoms with E-state index in [4.69, 9.17) is 4.74 Å². The van der Waals surface area contributed by atoms with E-state index in [1.165, 1.54) is 16.0 Å². The van der Waals surface area contributed by atoms with Crippen LogP contribution in [0.25, 0.3) is 0 Å². The van der Waals surface area contributed by atoms with Gasteiger partial charge in [-0.05, 0) is 48.2 Å². The van der Waals surface area contributed by atoms with Crippen molar-refractivity contribution in [3.8, 4) is 5.75 Å². The maximum absolute atomic E-state index is 12.3. The van der Waals surface area contributed by atoms with Gasteiger partial charge in [0.15, 0.2) is 0 Å². The fraction of sp³-hybridized carbons (Fsp3) is 0.300. The number of hydrogen-bond donors (Lipinski definition) is 0. The second-order valence-corrected chi connectivity index (χ2v) is 7.24. The Morgan fingerprint density at radius 3 is 1.96 bits per heavy atom. The molecule has 2 amide bonds. The molecule has 2 aromatic rings. The van der Waals surface area contributed by atoms with Crippen LogP contribution >= 0.6 is 31.9 Å². The summed E-state index contributed by atoms with van der Waals surface area (Å²) in [7, 11) is 0. The van der Waals surface area contributed by atoms with E-state index in [-0.39, 0.29) is 11.8 Å². The number of carbonyl (C=O) groups is 2. The first-order valence-electron chi connectivity index (χ1n) is 8.47. The minimum Gasteiger partial charge on any atom is -0.494 e. The molecule has 4 nitrogen and oxygen atoms in total. The number of fused-ring (bicyclic) bond motifs is 1. The summed E-state index contributed by atoms with van der Waals surface area (Å²) in [4.78, 5) is 25.9. The summed E-state index contributed by atoms with van der Waals surface area (Å²) in [6.45, 7) is 0.973. The van der Waals surface area contributed by atoms with E-state index in [2.05, 4.69) is 37.9 Å². The molecule has 0 spiro atoms. The van der Waals surface area contributed by atoms with Crippen LogP contribution in [0, 0.1) is 0 Å². The summed E-state index contributed by atoms with van der Waals surface area (Å²) in [6.07, 6.45) is 1.49. The third kappa shape index (κ3) is 4.18. The van der Waals surface area contributed by atoms with E-state index in [1.807, 2.05) is 12.1 Å². The van der Waals surface area contributed by atoms with Gasteiger partial charge in [0.25, 0.3) is 11.8 Å². The van der Waals surface area contributed by atoms with E-state index in [0.29, 0.717) is 24.3 Å². The number of halogens is 2. The van der Waals surface area contributed by atoms with Crippen LogP contribution in [0.2, 0.25) is 0 Å². The number of alkyl halides is 2. The third-order valence-corrected chi connectivity index (χ3v) is 5.55. The van der Waals surface area contributed by atoms with Gasteiger partial charge in [-0.2, -0.15) is 0 Å². The van der Waals surface area contributed by atoms with Crippen molar-refractivity contribution in [1.82, 2.24) is 4.90 Å². The Labute approximate surface area is 169 Å². The molecule has 26 heavy (non-hydrogen) atoms. The predicted octanol–water partition coefficient (Wildman–Crippen LogP) is 4.93. The minimum atomic E-state index is -0.196. The Bertz CT molecular complexity index is 765. The van der Waals surface area contributed by atoms with E-state index < -0.39 is 0 Å². The first-order chi connectivity index (χ1) is 12.6. The first kappa shape index (κ1) is 19.1. The number of nitrogens with zero attached hydrogens (tertiary/aromatic N) is 1. The lowest BCUT2D eigenvalue weighted by Gasteiger charge is -2.14. The van der Waals surface area contributed by atoms with Crippen molar-refractivity contribution >= 4 is 43.7 Å². The Balaban J connectivity index is 1.48. The molecule has 0 atom stereocenters. The summed E-state index contributed by atoms with van der Waals surface area (Å²) in [5.41, 5.74) is 3.34. The van der Waals surface area contributed by atoms with E-state index >= 15 is 0 Å². The number of hydrogen-bond acceptors (Lipinski definition) is 3. The van der Waals surface area contributed by atoms with Crippen molar-refractivity contribution in [1.29, 1.82) is 0 Å². The predicted molar refractivity (Wildman–Crippen MR) is 108 cm³/mol. The molecule has 6 heteroatoms. The van der Waals surface area contributed by atoms with Crippen molar-refractivity contribution in [2.75, 3.05) is 13.2 Å². The fourth-order valence-electron chi connectivity index (χ4n) is 2.97. The molecule has 1 aliphatic rings. The molecule has 0 aliphatic carbocycles. The van der Waals surface area contributed by atoms with Crippen LogP contribution in [0.4, 0.5) is 0 Å². The van der Waals surface area contributed by atoms with Crippen LogP contribution in [-0.4, -0.2) is 29.9 Å². The summed E-state index contributed by atoms with van der Waals surface area (Å²) in [6, 6.07) is 13.1. The lowest BCUT2D eigenvalue weighted by Crippen LogP contribution is -2.30. The second kappa shape index (κ2) is 8.82. The molecular formula is C20H19Br2NO3. The minimum absolute atomic E-state index is 0.196. The molecular weight excluding hydrogens is 462 g/mol. The molecule has 3 rings (SSSR count).